The number of rotatable bonds is 4. The van der Waals surface area contributed by atoms with Crippen molar-refractivity contribution in [1.82, 2.24) is 9.80 Å². The molecule has 0 radical (unpaired) electrons. The Morgan fingerprint density at radius 1 is 1.16 bits per heavy atom. The normalized spacial score (nSPS) is 20.8. The van der Waals surface area contributed by atoms with Crippen LogP contribution in [-0.2, 0) is 0 Å². The highest BCUT2D eigenvalue weighted by Gasteiger charge is 2.25. The Kier molecular flexibility index (Phi) is 5.70. The summed E-state index contributed by atoms with van der Waals surface area (Å²) >= 11 is 0. The lowest BCUT2D eigenvalue weighted by Gasteiger charge is -2.39. The number of likely N-dealkylation sites (tertiary alicyclic amines) is 1. The van der Waals surface area contributed by atoms with Crippen LogP contribution >= 0.6 is 0 Å². The van der Waals surface area contributed by atoms with Crippen LogP contribution in [0.1, 0.15) is 44.2 Å². The van der Waals surface area contributed by atoms with Crippen molar-refractivity contribution in [2.45, 2.75) is 52.2 Å². The largest absolute Gasteiger partial charge is 0.489 e. The maximum absolute atomic E-state index is 6.14. The van der Waals surface area contributed by atoms with Gasteiger partial charge >= 0.3 is 0 Å². The van der Waals surface area contributed by atoms with Gasteiger partial charge in [-0.2, -0.15) is 0 Å². The van der Waals surface area contributed by atoms with E-state index in [1.54, 1.807) is 0 Å². The van der Waals surface area contributed by atoms with Gasteiger partial charge in [0.2, 0.25) is 0 Å². The van der Waals surface area contributed by atoms with Gasteiger partial charge in [0.15, 0.2) is 0 Å². The minimum Gasteiger partial charge on any atom is -0.489 e. The molecule has 3 rings (SSSR count). The molecule has 4 nitrogen and oxygen atoms in total. The van der Waals surface area contributed by atoms with E-state index < -0.39 is 0 Å². The van der Waals surface area contributed by atoms with Crippen LogP contribution in [0.5, 0.6) is 5.75 Å². The summed E-state index contributed by atoms with van der Waals surface area (Å²) in [7, 11) is 2.23. The summed E-state index contributed by atoms with van der Waals surface area (Å²) in [5, 5.41) is 0. The lowest BCUT2D eigenvalue weighted by atomic mass is 9.93. The topological polar surface area (TPSA) is 41.7 Å². The second-order valence-corrected chi connectivity index (χ2v) is 7.88. The van der Waals surface area contributed by atoms with Crippen molar-refractivity contribution in [2.75, 3.05) is 39.0 Å². The molecule has 1 aromatic carbocycles. The molecule has 0 unspecified atom stereocenters. The first-order valence-electron chi connectivity index (χ1n) is 9.63. The third kappa shape index (κ3) is 4.36. The zero-order chi connectivity index (χ0) is 18.0. The van der Waals surface area contributed by atoms with Crippen LogP contribution in [0.4, 0.5) is 5.69 Å². The van der Waals surface area contributed by atoms with E-state index in [-0.39, 0.29) is 6.10 Å². The average Bonchev–Trinajstić information content (AvgIpc) is 2.58. The number of hydrogen-bond donors (Lipinski definition) is 1. The highest BCUT2D eigenvalue weighted by atomic mass is 16.5. The molecule has 4 heteroatoms. The highest BCUT2D eigenvalue weighted by Crippen LogP contribution is 2.33. The first kappa shape index (κ1) is 18.3. The molecule has 2 aliphatic heterocycles. The quantitative estimate of drug-likeness (QED) is 0.849. The number of aryl methyl sites for hydroxylation is 1. The summed E-state index contributed by atoms with van der Waals surface area (Å²) in [4.78, 5) is 5.10. The minimum absolute atomic E-state index is 0.137. The van der Waals surface area contributed by atoms with Crippen molar-refractivity contribution >= 4 is 11.3 Å². The summed E-state index contributed by atoms with van der Waals surface area (Å²) < 4.78 is 5.89. The maximum Gasteiger partial charge on any atom is 0.143 e. The van der Waals surface area contributed by atoms with E-state index in [1.807, 2.05) is 13.8 Å². The predicted molar refractivity (Wildman–Crippen MR) is 106 cm³/mol. The van der Waals surface area contributed by atoms with Crippen molar-refractivity contribution in [3.63, 3.8) is 0 Å². The van der Waals surface area contributed by atoms with Gasteiger partial charge in [-0.15, -0.1) is 0 Å². The molecule has 0 bridgehead atoms. The lowest BCUT2D eigenvalue weighted by molar-refractivity contribution is 0.131. The zero-order valence-electron chi connectivity index (χ0n) is 16.2. The molecule has 0 spiro atoms. The number of piperidine rings is 1. The summed E-state index contributed by atoms with van der Waals surface area (Å²) in [6.45, 7) is 10.9. The van der Waals surface area contributed by atoms with Gasteiger partial charge in [-0.1, -0.05) is 6.08 Å². The van der Waals surface area contributed by atoms with Gasteiger partial charge in [-0.25, -0.2) is 0 Å². The minimum atomic E-state index is 0.137. The first-order chi connectivity index (χ1) is 11.9. The number of benzene rings is 1. The van der Waals surface area contributed by atoms with Crippen LogP contribution in [0.3, 0.4) is 0 Å². The van der Waals surface area contributed by atoms with Crippen molar-refractivity contribution in [1.29, 1.82) is 0 Å². The molecular formula is C21H33N3O. The molecule has 2 heterocycles. The fourth-order valence-electron chi connectivity index (χ4n) is 4.03. The van der Waals surface area contributed by atoms with Crippen molar-refractivity contribution in [2.24, 2.45) is 0 Å². The summed E-state index contributed by atoms with van der Waals surface area (Å²) in [5.41, 5.74) is 10.9. The molecule has 25 heavy (non-hydrogen) atoms. The highest BCUT2D eigenvalue weighted by molar-refractivity contribution is 5.73. The van der Waals surface area contributed by atoms with E-state index in [4.69, 9.17) is 10.5 Å². The number of anilines is 1. The van der Waals surface area contributed by atoms with E-state index in [2.05, 4.69) is 42.0 Å². The third-order valence-electron chi connectivity index (χ3n) is 5.51. The van der Waals surface area contributed by atoms with Gasteiger partial charge in [0.05, 0.1) is 11.8 Å². The van der Waals surface area contributed by atoms with E-state index in [0.717, 1.165) is 37.0 Å². The lowest BCUT2D eigenvalue weighted by Crippen LogP contribution is -2.45. The number of nitrogen functional groups attached to an aromatic ring is 1. The van der Waals surface area contributed by atoms with Gasteiger partial charge in [0.25, 0.3) is 0 Å². The molecule has 0 aromatic heterocycles. The van der Waals surface area contributed by atoms with Gasteiger partial charge in [-0.05, 0) is 89.0 Å². The van der Waals surface area contributed by atoms with Crippen LogP contribution in [0.15, 0.2) is 18.2 Å². The van der Waals surface area contributed by atoms with Crippen LogP contribution in [0.25, 0.3) is 5.57 Å². The molecule has 0 saturated carbocycles. The SMILES string of the molecule is Cc1cc(N)c(OC(C)C)cc1C1=CCN(C2CCN(C)CC2)CC1. The Balaban J connectivity index is 1.72. The fraction of sp³-hybridized carbons (Fsp3) is 0.619. The first-order valence-corrected chi connectivity index (χ1v) is 9.63. The van der Waals surface area contributed by atoms with Gasteiger partial charge < -0.3 is 15.4 Å². The zero-order valence-corrected chi connectivity index (χ0v) is 16.2. The van der Waals surface area contributed by atoms with Gasteiger partial charge in [0, 0.05) is 19.1 Å². The number of ether oxygens (including phenoxy) is 1. The monoisotopic (exact) mass is 343 g/mol. The van der Waals surface area contributed by atoms with Gasteiger partial charge in [0.1, 0.15) is 5.75 Å². The Labute approximate surface area is 152 Å². The van der Waals surface area contributed by atoms with Crippen molar-refractivity contribution in [3.8, 4) is 5.75 Å². The van der Waals surface area contributed by atoms with Crippen LogP contribution < -0.4 is 10.5 Å². The van der Waals surface area contributed by atoms with Crippen molar-refractivity contribution < 1.29 is 4.74 Å². The Morgan fingerprint density at radius 2 is 1.88 bits per heavy atom. The number of nitrogens with two attached hydrogens (primary N) is 1. The Morgan fingerprint density at radius 3 is 2.48 bits per heavy atom. The molecular weight excluding hydrogens is 310 g/mol. The van der Waals surface area contributed by atoms with E-state index in [1.165, 1.54) is 42.6 Å². The molecule has 2 aliphatic rings. The molecule has 1 fully saturated rings. The third-order valence-corrected chi connectivity index (χ3v) is 5.51. The van der Waals surface area contributed by atoms with Gasteiger partial charge in [-0.3, -0.25) is 4.90 Å². The molecule has 0 amide bonds. The van der Waals surface area contributed by atoms with E-state index in [9.17, 15) is 0 Å². The molecule has 138 valence electrons. The Hall–Kier alpha value is -1.52. The summed E-state index contributed by atoms with van der Waals surface area (Å²) in [6, 6.07) is 4.94. The second kappa shape index (κ2) is 7.79. The summed E-state index contributed by atoms with van der Waals surface area (Å²) in [5.74, 6) is 0.814. The maximum atomic E-state index is 6.14. The molecule has 2 N–H and O–H groups in total. The number of nitrogens with zero attached hydrogens (tertiary/aromatic N) is 2. The van der Waals surface area contributed by atoms with E-state index >= 15 is 0 Å². The molecule has 0 aliphatic carbocycles. The number of hydrogen-bond acceptors (Lipinski definition) is 4. The summed E-state index contributed by atoms with van der Waals surface area (Å²) in [6.07, 6.45) is 6.26. The molecule has 1 saturated heterocycles. The van der Waals surface area contributed by atoms with Crippen LogP contribution in [-0.4, -0.2) is 55.2 Å². The fourth-order valence-corrected chi connectivity index (χ4v) is 4.03. The van der Waals surface area contributed by atoms with Crippen LogP contribution in [0.2, 0.25) is 0 Å². The molecule has 1 aromatic rings. The smallest absolute Gasteiger partial charge is 0.143 e. The van der Waals surface area contributed by atoms with Crippen LogP contribution in [0, 0.1) is 6.92 Å². The average molecular weight is 344 g/mol. The second-order valence-electron chi connectivity index (χ2n) is 7.88. The van der Waals surface area contributed by atoms with E-state index in [0.29, 0.717) is 0 Å². The molecule has 0 atom stereocenters. The van der Waals surface area contributed by atoms with Crippen molar-refractivity contribution in [3.05, 3.63) is 29.3 Å². The predicted octanol–water partition coefficient (Wildman–Crippen LogP) is 3.55. The Bertz CT molecular complexity index is 630. The standard InChI is InChI=1S/C21H33N3O/c1-15(2)25-21-14-19(16(3)13-20(21)22)17-5-11-24(12-6-17)18-7-9-23(4)10-8-18/h5,13-15,18H,6-12,22H2,1-4H3.